The lowest BCUT2D eigenvalue weighted by atomic mass is 10.0. The summed E-state index contributed by atoms with van der Waals surface area (Å²) in [6.07, 6.45) is 40.3. The summed E-state index contributed by atoms with van der Waals surface area (Å²) < 4.78 is 4.86. The molecule has 0 heterocycles. The summed E-state index contributed by atoms with van der Waals surface area (Å²) >= 11 is 0. The van der Waals surface area contributed by atoms with E-state index in [1.165, 1.54) is 154 Å². The van der Waals surface area contributed by atoms with Gasteiger partial charge in [-0.15, -0.1) is 0 Å². The van der Waals surface area contributed by atoms with Crippen molar-refractivity contribution in [2.75, 3.05) is 13.2 Å². The molecule has 0 aromatic heterocycles. The van der Waals surface area contributed by atoms with Crippen molar-refractivity contribution in [2.45, 2.75) is 213 Å². The quantitative estimate of drug-likeness (QED) is 0.0367. The third kappa shape index (κ3) is 44.8. The van der Waals surface area contributed by atoms with Crippen LogP contribution in [0.2, 0.25) is 0 Å². The monoisotopic (exact) mass is 641 g/mol. The molecule has 6 heteroatoms. The van der Waals surface area contributed by atoms with Gasteiger partial charge in [-0.05, 0) is 38.5 Å². The van der Waals surface area contributed by atoms with Gasteiger partial charge in [-0.3, -0.25) is 9.59 Å². The van der Waals surface area contributed by atoms with Crippen LogP contribution in [0, 0.1) is 0 Å². The van der Waals surface area contributed by atoms with Crippen molar-refractivity contribution < 1.29 is 29.6 Å². The summed E-state index contributed by atoms with van der Waals surface area (Å²) in [4.78, 5) is 21.7. The lowest BCUT2D eigenvalue weighted by Gasteiger charge is -2.08. The number of aliphatic carboxylic acids is 1. The van der Waals surface area contributed by atoms with E-state index in [0.717, 1.165) is 25.7 Å². The Bertz CT molecular complexity index is 621. The number of hydrogen-bond donors (Lipinski definition) is 3. The van der Waals surface area contributed by atoms with E-state index in [0.29, 0.717) is 12.8 Å². The largest absolute Gasteiger partial charge is 0.481 e. The third-order valence-corrected chi connectivity index (χ3v) is 8.28. The van der Waals surface area contributed by atoms with Gasteiger partial charge in [0.1, 0.15) is 12.7 Å². The number of carboxylic acids is 1. The Morgan fingerprint density at radius 3 is 1.22 bits per heavy atom. The van der Waals surface area contributed by atoms with Gasteiger partial charge in [0.15, 0.2) is 0 Å². The van der Waals surface area contributed by atoms with E-state index in [9.17, 15) is 9.59 Å². The number of allylic oxidation sites excluding steroid dienone is 2. The second-order valence-electron chi connectivity index (χ2n) is 12.9. The van der Waals surface area contributed by atoms with E-state index in [1.54, 1.807) is 0 Å². The Morgan fingerprint density at radius 2 is 0.867 bits per heavy atom. The molecule has 6 nitrogen and oxygen atoms in total. The number of aliphatic hydroxyl groups excluding tert-OH is 2. The van der Waals surface area contributed by atoms with E-state index in [1.807, 2.05) is 0 Å². The molecule has 0 bridgehead atoms. The molecule has 268 valence electrons. The third-order valence-electron chi connectivity index (χ3n) is 8.28. The molecule has 1 atom stereocenters. The van der Waals surface area contributed by atoms with Crippen molar-refractivity contribution in [2.24, 2.45) is 0 Å². The lowest BCUT2D eigenvalue weighted by molar-refractivity contribution is -0.147. The highest BCUT2D eigenvalue weighted by Crippen LogP contribution is 2.14. The molecule has 0 radical (unpaired) electrons. The van der Waals surface area contributed by atoms with E-state index in [4.69, 9.17) is 20.1 Å². The van der Waals surface area contributed by atoms with Gasteiger partial charge in [0.05, 0.1) is 6.61 Å². The second kappa shape index (κ2) is 40.6. The number of aliphatic hydroxyl groups is 2. The van der Waals surface area contributed by atoms with Crippen molar-refractivity contribution in [3.05, 3.63) is 12.2 Å². The first-order chi connectivity index (χ1) is 22.0. The maximum Gasteiger partial charge on any atom is 0.305 e. The zero-order chi connectivity index (χ0) is 33.5. The SMILES string of the molecule is CCCCCCCC/C=C\CCCCCCCC(=O)O.CCCCCCCCCCCCCCCCCC(=O)OCC(O)CO. The minimum absolute atomic E-state index is 0.103. The van der Waals surface area contributed by atoms with Gasteiger partial charge in [-0.1, -0.05) is 167 Å². The maximum atomic E-state index is 11.4. The number of carbonyl (C=O) groups excluding carboxylic acids is 1. The van der Waals surface area contributed by atoms with Gasteiger partial charge in [-0.25, -0.2) is 0 Å². The van der Waals surface area contributed by atoms with Crippen LogP contribution in [0.4, 0.5) is 0 Å². The molecule has 0 aliphatic heterocycles. The van der Waals surface area contributed by atoms with Gasteiger partial charge < -0.3 is 20.1 Å². The van der Waals surface area contributed by atoms with Crippen LogP contribution >= 0.6 is 0 Å². The molecule has 0 aliphatic rings. The van der Waals surface area contributed by atoms with Crippen LogP contribution in [0.1, 0.15) is 206 Å². The molecule has 0 saturated heterocycles. The van der Waals surface area contributed by atoms with Gasteiger partial charge in [0, 0.05) is 12.8 Å². The molecule has 0 saturated carbocycles. The smallest absolute Gasteiger partial charge is 0.305 e. The summed E-state index contributed by atoms with van der Waals surface area (Å²) in [5, 5.41) is 26.2. The molecule has 0 aromatic rings. The average Bonchev–Trinajstić information content (AvgIpc) is 3.03. The Balaban J connectivity index is 0. The molecular formula is C39H76O6. The van der Waals surface area contributed by atoms with Gasteiger partial charge >= 0.3 is 11.9 Å². The van der Waals surface area contributed by atoms with Crippen molar-refractivity contribution in [3.63, 3.8) is 0 Å². The van der Waals surface area contributed by atoms with E-state index < -0.39 is 12.1 Å². The Labute approximate surface area is 279 Å². The highest BCUT2D eigenvalue weighted by Gasteiger charge is 2.07. The van der Waals surface area contributed by atoms with Crippen LogP contribution in [0.25, 0.3) is 0 Å². The Hall–Kier alpha value is -1.40. The van der Waals surface area contributed by atoms with Crippen LogP contribution < -0.4 is 0 Å². The average molecular weight is 641 g/mol. The first-order valence-electron chi connectivity index (χ1n) is 19.3. The molecule has 0 aromatic carbocycles. The fourth-order valence-corrected chi connectivity index (χ4v) is 5.30. The molecule has 0 amide bonds. The van der Waals surface area contributed by atoms with Gasteiger partial charge in [0.25, 0.3) is 0 Å². The molecule has 0 rings (SSSR count). The van der Waals surface area contributed by atoms with E-state index >= 15 is 0 Å². The topological polar surface area (TPSA) is 104 Å². The minimum Gasteiger partial charge on any atom is -0.481 e. The second-order valence-corrected chi connectivity index (χ2v) is 12.9. The number of hydrogen-bond acceptors (Lipinski definition) is 5. The van der Waals surface area contributed by atoms with Crippen LogP contribution in [0.3, 0.4) is 0 Å². The van der Waals surface area contributed by atoms with E-state index in [2.05, 4.69) is 26.0 Å². The lowest BCUT2D eigenvalue weighted by Crippen LogP contribution is -2.21. The first-order valence-corrected chi connectivity index (χ1v) is 19.3. The van der Waals surface area contributed by atoms with Crippen molar-refractivity contribution in [3.8, 4) is 0 Å². The zero-order valence-corrected chi connectivity index (χ0v) is 29.9. The van der Waals surface area contributed by atoms with Crippen LogP contribution in [-0.2, 0) is 14.3 Å². The molecular weight excluding hydrogens is 564 g/mol. The van der Waals surface area contributed by atoms with Crippen molar-refractivity contribution in [1.29, 1.82) is 0 Å². The molecule has 0 fully saturated rings. The van der Waals surface area contributed by atoms with Crippen molar-refractivity contribution in [1.82, 2.24) is 0 Å². The van der Waals surface area contributed by atoms with Crippen LogP contribution in [0.15, 0.2) is 12.2 Å². The van der Waals surface area contributed by atoms with Gasteiger partial charge in [-0.2, -0.15) is 0 Å². The molecule has 0 spiro atoms. The number of unbranched alkanes of at least 4 members (excludes halogenated alkanes) is 25. The highest BCUT2D eigenvalue weighted by molar-refractivity contribution is 5.69. The number of rotatable bonds is 34. The molecule has 0 aliphatic carbocycles. The zero-order valence-electron chi connectivity index (χ0n) is 29.9. The van der Waals surface area contributed by atoms with E-state index in [-0.39, 0.29) is 19.2 Å². The number of carboxylic acid groups (broad SMARTS) is 1. The number of ether oxygens (including phenoxy) is 1. The summed E-state index contributed by atoms with van der Waals surface area (Å²) in [6, 6.07) is 0. The number of esters is 1. The summed E-state index contributed by atoms with van der Waals surface area (Å²) in [6.45, 7) is 4.05. The highest BCUT2D eigenvalue weighted by atomic mass is 16.5. The maximum absolute atomic E-state index is 11.4. The predicted molar refractivity (Wildman–Crippen MR) is 191 cm³/mol. The fraction of sp³-hybridized carbons (Fsp3) is 0.897. The standard InChI is InChI=1S/C21H42O4.C18H34O2/c1-2-3-4-5-6-7-8-9-10-11-12-13-14-15-16-17-21(24)25-19-20(23)18-22;1-2-3-4-5-6-7-8-9-10-11-12-13-14-15-16-17-18(19)20/h20,22-23H,2-19H2,1H3;9-10H,2-8,11-17H2,1H3,(H,19,20)/b;10-9-. The summed E-state index contributed by atoms with van der Waals surface area (Å²) in [7, 11) is 0. The first kappa shape index (κ1) is 45.7. The van der Waals surface area contributed by atoms with Crippen molar-refractivity contribution >= 4 is 11.9 Å². The summed E-state index contributed by atoms with van der Waals surface area (Å²) in [5.41, 5.74) is 0. The van der Waals surface area contributed by atoms with Crippen LogP contribution in [-0.4, -0.2) is 46.6 Å². The summed E-state index contributed by atoms with van der Waals surface area (Å²) in [5.74, 6) is -0.940. The Kier molecular flexibility index (Phi) is 41.3. The molecule has 45 heavy (non-hydrogen) atoms. The fourth-order valence-electron chi connectivity index (χ4n) is 5.30. The molecule has 1 unspecified atom stereocenters. The normalized spacial score (nSPS) is 11.8. The van der Waals surface area contributed by atoms with Crippen LogP contribution in [0.5, 0.6) is 0 Å². The predicted octanol–water partition coefficient (Wildman–Crippen LogP) is 11.3. The minimum atomic E-state index is -0.954. The number of carbonyl (C=O) groups is 2. The molecule has 3 N–H and O–H groups in total. The Morgan fingerprint density at radius 1 is 0.533 bits per heavy atom. The van der Waals surface area contributed by atoms with Gasteiger partial charge in [0.2, 0.25) is 0 Å².